The van der Waals surface area contributed by atoms with E-state index >= 15 is 0 Å². The molecule has 4 heteroatoms. The lowest BCUT2D eigenvalue weighted by Gasteiger charge is -2.03. The van der Waals surface area contributed by atoms with Crippen LogP contribution in [-0.4, -0.2) is 9.97 Å². The number of fused-ring (bicyclic) bond motifs is 1. The largest absolute Gasteiger partial charge is 1.00 e. The van der Waals surface area contributed by atoms with Gasteiger partial charge in [0.2, 0.25) is 0 Å². The number of pyridine rings is 1. The van der Waals surface area contributed by atoms with Gasteiger partial charge < -0.3 is 24.0 Å². The van der Waals surface area contributed by atoms with Crippen LogP contribution < -0.4 is 28.5 Å². The quantitative estimate of drug-likeness (QED) is 0.444. The van der Waals surface area contributed by atoms with E-state index in [9.17, 15) is 0 Å². The Bertz CT molecular complexity index is 683. The number of aryl methyl sites for hydroxylation is 1. The monoisotopic (exact) mass is 363 g/mol. The molecule has 3 rings (SSSR count). The number of rotatable bonds is 2. The summed E-state index contributed by atoms with van der Waals surface area (Å²) < 4.78 is 2.10. The predicted octanol–water partition coefficient (Wildman–Crippen LogP) is -0.722. The molecule has 0 N–H and O–H groups in total. The molecule has 3 nitrogen and oxygen atoms in total. The average molecular weight is 363 g/mol. The van der Waals surface area contributed by atoms with Crippen molar-refractivity contribution >= 4 is 11.0 Å². The zero-order valence-electron chi connectivity index (χ0n) is 10.6. The Hall–Kier alpha value is -1.56. The van der Waals surface area contributed by atoms with E-state index in [-0.39, 0.29) is 24.0 Å². The van der Waals surface area contributed by atoms with Crippen molar-refractivity contribution in [3.8, 4) is 0 Å². The summed E-state index contributed by atoms with van der Waals surface area (Å²) in [5.41, 5.74) is 3.92. The van der Waals surface area contributed by atoms with Crippen LogP contribution in [0.15, 0.2) is 54.9 Å². The molecule has 0 aliphatic rings. The van der Waals surface area contributed by atoms with Crippen LogP contribution in [0.3, 0.4) is 0 Å². The highest BCUT2D eigenvalue weighted by atomic mass is 127. The van der Waals surface area contributed by atoms with Crippen molar-refractivity contribution in [3.05, 3.63) is 66.2 Å². The molecule has 0 fully saturated rings. The lowest BCUT2D eigenvalue weighted by atomic mass is 10.2. The van der Waals surface area contributed by atoms with Crippen LogP contribution in [0.4, 0.5) is 0 Å². The van der Waals surface area contributed by atoms with Crippen molar-refractivity contribution < 1.29 is 28.5 Å². The molecule has 0 saturated heterocycles. The number of benzene rings is 1. The predicted molar refractivity (Wildman–Crippen MR) is 70.0 cm³/mol. The van der Waals surface area contributed by atoms with E-state index in [1.54, 1.807) is 0 Å². The van der Waals surface area contributed by atoms with Crippen LogP contribution in [0.2, 0.25) is 0 Å². The van der Waals surface area contributed by atoms with Gasteiger partial charge in [-0.05, 0) is 19.1 Å². The van der Waals surface area contributed by atoms with Gasteiger partial charge in [0.05, 0.1) is 16.7 Å². The molecule has 3 aromatic rings. The zero-order chi connectivity index (χ0) is 12.4. The molecule has 0 amide bonds. The fourth-order valence-corrected chi connectivity index (χ4v) is 1.99. The highest BCUT2D eigenvalue weighted by Crippen LogP contribution is 2.11. The Labute approximate surface area is 129 Å². The molecule has 0 aliphatic carbocycles. The van der Waals surface area contributed by atoms with E-state index in [0.717, 1.165) is 29.0 Å². The second kappa shape index (κ2) is 6.06. The van der Waals surface area contributed by atoms with Crippen molar-refractivity contribution in [1.82, 2.24) is 9.97 Å². The Balaban J connectivity index is 0.00000133. The van der Waals surface area contributed by atoms with Crippen LogP contribution in [0.25, 0.3) is 11.0 Å². The summed E-state index contributed by atoms with van der Waals surface area (Å²) in [6.07, 6.45) is 4.08. The molecule has 0 aliphatic heterocycles. The number of nitrogens with zero attached hydrogens (tertiary/aromatic N) is 3. The van der Waals surface area contributed by atoms with Gasteiger partial charge in [0.25, 0.3) is 0 Å². The van der Waals surface area contributed by atoms with E-state index in [1.165, 1.54) is 0 Å². The first kappa shape index (κ1) is 13.9. The van der Waals surface area contributed by atoms with Crippen LogP contribution in [-0.2, 0) is 6.54 Å². The SMILES string of the molecule is Cc1nc2ccccc2nc1C[n+]1ccccc1.[I-]. The number of aromatic nitrogens is 3. The van der Waals surface area contributed by atoms with Crippen LogP contribution >= 0.6 is 0 Å². The summed E-state index contributed by atoms with van der Waals surface area (Å²) in [7, 11) is 0. The van der Waals surface area contributed by atoms with Gasteiger partial charge in [-0.1, -0.05) is 18.2 Å². The fourth-order valence-electron chi connectivity index (χ4n) is 1.99. The maximum Gasteiger partial charge on any atom is 0.192 e. The maximum atomic E-state index is 4.69. The van der Waals surface area contributed by atoms with E-state index in [1.807, 2.05) is 61.8 Å². The Morgan fingerprint density at radius 3 is 2.21 bits per heavy atom. The minimum absolute atomic E-state index is 0. The van der Waals surface area contributed by atoms with E-state index in [4.69, 9.17) is 0 Å². The standard InChI is InChI=1S/C15H14N3.HI/c1-12-15(11-18-9-5-2-6-10-18)17-14-8-4-3-7-13(14)16-12;/h2-10H,11H2,1H3;1H/q+1;/p-1. The summed E-state index contributed by atoms with van der Waals surface area (Å²) in [5, 5.41) is 0. The molecule has 19 heavy (non-hydrogen) atoms. The third kappa shape index (κ3) is 3.07. The number of hydrogen-bond donors (Lipinski definition) is 0. The number of hydrogen-bond acceptors (Lipinski definition) is 2. The summed E-state index contributed by atoms with van der Waals surface area (Å²) in [4.78, 5) is 9.28. The lowest BCUT2D eigenvalue weighted by Crippen LogP contribution is -3.00. The van der Waals surface area contributed by atoms with Crippen molar-refractivity contribution in [2.24, 2.45) is 0 Å². The minimum Gasteiger partial charge on any atom is -1.00 e. The summed E-state index contributed by atoms with van der Waals surface area (Å²) in [5.74, 6) is 0. The third-order valence-corrected chi connectivity index (χ3v) is 2.95. The summed E-state index contributed by atoms with van der Waals surface area (Å²) in [6.45, 7) is 2.77. The molecule has 1 aromatic carbocycles. The van der Waals surface area contributed by atoms with E-state index < -0.39 is 0 Å². The molecule has 0 spiro atoms. The van der Waals surface area contributed by atoms with Gasteiger partial charge in [-0.25, -0.2) is 9.97 Å². The van der Waals surface area contributed by atoms with Gasteiger partial charge in [-0.2, -0.15) is 4.57 Å². The van der Waals surface area contributed by atoms with Gasteiger partial charge in [-0.15, -0.1) is 0 Å². The molecule has 0 saturated carbocycles. The molecule has 96 valence electrons. The van der Waals surface area contributed by atoms with Crippen molar-refractivity contribution in [2.45, 2.75) is 13.5 Å². The zero-order valence-corrected chi connectivity index (χ0v) is 12.8. The second-order valence-corrected chi connectivity index (χ2v) is 4.29. The molecule has 0 bridgehead atoms. The first-order chi connectivity index (χ1) is 8.83. The fraction of sp³-hybridized carbons (Fsp3) is 0.133. The van der Waals surface area contributed by atoms with E-state index in [0.29, 0.717) is 0 Å². The van der Waals surface area contributed by atoms with Crippen molar-refractivity contribution in [2.75, 3.05) is 0 Å². The van der Waals surface area contributed by atoms with Gasteiger partial charge in [0, 0.05) is 12.1 Å². The smallest absolute Gasteiger partial charge is 0.192 e. The van der Waals surface area contributed by atoms with Gasteiger partial charge in [0.15, 0.2) is 18.9 Å². The molecule has 2 heterocycles. The van der Waals surface area contributed by atoms with Gasteiger partial charge in [-0.3, -0.25) is 0 Å². The molecule has 0 atom stereocenters. The van der Waals surface area contributed by atoms with Gasteiger partial charge >= 0.3 is 0 Å². The highest BCUT2D eigenvalue weighted by Gasteiger charge is 2.09. The highest BCUT2D eigenvalue weighted by molar-refractivity contribution is 5.74. The van der Waals surface area contributed by atoms with Crippen molar-refractivity contribution in [1.29, 1.82) is 0 Å². The molecular formula is C15H14IN3. The van der Waals surface area contributed by atoms with E-state index in [2.05, 4.69) is 14.5 Å². The second-order valence-electron chi connectivity index (χ2n) is 4.29. The van der Waals surface area contributed by atoms with Gasteiger partial charge in [0.1, 0.15) is 5.69 Å². The maximum absolute atomic E-state index is 4.69. The summed E-state index contributed by atoms with van der Waals surface area (Å²) in [6, 6.07) is 14.0. The number of halogens is 1. The van der Waals surface area contributed by atoms with Crippen LogP contribution in [0, 0.1) is 6.92 Å². The Kier molecular flexibility index (Phi) is 4.42. The molecule has 2 aromatic heterocycles. The molecule has 0 radical (unpaired) electrons. The molecule has 0 unspecified atom stereocenters. The summed E-state index contributed by atoms with van der Waals surface area (Å²) >= 11 is 0. The van der Waals surface area contributed by atoms with Crippen molar-refractivity contribution in [3.63, 3.8) is 0 Å². The molecular weight excluding hydrogens is 349 g/mol. The first-order valence-corrected chi connectivity index (χ1v) is 5.99. The van der Waals surface area contributed by atoms with Crippen LogP contribution in [0.5, 0.6) is 0 Å². The Morgan fingerprint density at radius 2 is 1.53 bits per heavy atom. The van der Waals surface area contributed by atoms with Crippen LogP contribution in [0.1, 0.15) is 11.4 Å². The lowest BCUT2D eigenvalue weighted by molar-refractivity contribution is -0.688. The topological polar surface area (TPSA) is 29.7 Å². The third-order valence-electron chi connectivity index (χ3n) is 2.95. The first-order valence-electron chi connectivity index (χ1n) is 5.99. The Morgan fingerprint density at radius 1 is 0.895 bits per heavy atom. The normalized spacial score (nSPS) is 10.2. The minimum atomic E-state index is 0. The number of para-hydroxylation sites is 2. The average Bonchev–Trinajstić information content (AvgIpc) is 2.41.